The maximum absolute atomic E-state index is 14.5. The van der Waals surface area contributed by atoms with Crippen molar-refractivity contribution in [2.45, 2.75) is 50.6 Å². The lowest BCUT2D eigenvalue weighted by Crippen LogP contribution is -2.42. The van der Waals surface area contributed by atoms with Gasteiger partial charge in [-0.05, 0) is 32.6 Å². The van der Waals surface area contributed by atoms with Gasteiger partial charge in [0.1, 0.15) is 18.0 Å². The van der Waals surface area contributed by atoms with Gasteiger partial charge in [-0.1, -0.05) is 5.16 Å². The van der Waals surface area contributed by atoms with E-state index in [1.807, 2.05) is 0 Å². The second kappa shape index (κ2) is 8.48. The zero-order chi connectivity index (χ0) is 22.1. The van der Waals surface area contributed by atoms with Crippen molar-refractivity contribution in [2.24, 2.45) is 0 Å². The second-order valence-corrected chi connectivity index (χ2v) is 8.20. The summed E-state index contributed by atoms with van der Waals surface area (Å²) in [5, 5.41) is 13.2. The van der Waals surface area contributed by atoms with Crippen LogP contribution in [0.1, 0.15) is 59.2 Å². The molecule has 0 spiro atoms. The van der Waals surface area contributed by atoms with E-state index in [9.17, 15) is 9.18 Å². The van der Waals surface area contributed by atoms with Gasteiger partial charge in [-0.3, -0.25) is 4.79 Å². The van der Waals surface area contributed by atoms with Gasteiger partial charge in [-0.15, -0.1) is 0 Å². The quantitative estimate of drug-likeness (QED) is 0.549. The Morgan fingerprint density at radius 3 is 2.97 bits per heavy atom. The van der Waals surface area contributed by atoms with E-state index < -0.39 is 5.82 Å². The fourth-order valence-electron chi connectivity index (χ4n) is 4.30. The largest absolute Gasteiger partial charge is 0.369 e. The van der Waals surface area contributed by atoms with Crippen molar-refractivity contribution in [1.29, 1.82) is 0 Å². The normalized spacial score (nSPS) is 22.1. The highest BCUT2D eigenvalue weighted by atomic mass is 19.1. The number of carbonyl (C=O) groups excluding carboxylic acids is 1. The fraction of sp³-hybridized carbons (Fsp3) is 0.429. The average Bonchev–Trinajstić information content (AvgIpc) is 3.42. The monoisotopic (exact) mass is 438 g/mol. The fourth-order valence-corrected chi connectivity index (χ4v) is 4.30. The number of anilines is 2. The Balaban J connectivity index is 1.27. The van der Waals surface area contributed by atoms with Crippen molar-refractivity contribution in [3.63, 3.8) is 0 Å². The smallest absolute Gasteiger partial charge is 0.290 e. The third-order valence-corrected chi connectivity index (χ3v) is 5.87. The summed E-state index contributed by atoms with van der Waals surface area (Å²) < 4.78 is 19.6. The molecule has 3 atom stereocenters. The summed E-state index contributed by atoms with van der Waals surface area (Å²) >= 11 is 0. The van der Waals surface area contributed by atoms with Crippen LogP contribution in [0.3, 0.4) is 0 Å². The molecule has 4 heterocycles. The Hall–Kier alpha value is -3.63. The van der Waals surface area contributed by atoms with Crippen molar-refractivity contribution in [2.75, 3.05) is 17.2 Å². The van der Waals surface area contributed by atoms with E-state index in [0.29, 0.717) is 24.5 Å². The number of fused-ring (bicyclic) bond motifs is 1. The number of nitrogens with zero attached hydrogens (tertiary/aromatic N) is 5. The van der Waals surface area contributed by atoms with Crippen LogP contribution < -0.4 is 16.0 Å². The highest BCUT2D eigenvalue weighted by Gasteiger charge is 2.29. The Kier molecular flexibility index (Phi) is 5.38. The molecule has 11 heteroatoms. The highest BCUT2D eigenvalue weighted by molar-refractivity contribution is 5.91. The summed E-state index contributed by atoms with van der Waals surface area (Å²) in [6, 6.07) is 1.53. The predicted molar refractivity (Wildman–Crippen MR) is 113 cm³/mol. The first-order chi connectivity index (χ1) is 15.6. The maximum Gasteiger partial charge on any atom is 0.290 e. The average molecular weight is 438 g/mol. The molecule has 0 radical (unpaired) electrons. The number of aromatic nitrogens is 5. The number of hydrogen-bond donors (Lipinski definition) is 3. The highest BCUT2D eigenvalue weighted by Crippen LogP contribution is 2.33. The van der Waals surface area contributed by atoms with E-state index in [1.165, 1.54) is 12.5 Å². The molecule has 2 aliphatic rings. The first-order valence-corrected chi connectivity index (χ1v) is 10.6. The number of rotatable bonds is 5. The maximum atomic E-state index is 14.5. The standard InChI is InChI=1S/C21H23FN8O2/c1-11-5-17(32-30-11)21(31)28-13-4-2-3-12(6-13)27-20-16(22)9-25-19(29-20)15-8-24-18-14(15)7-23-10-26-18/h5,7,9-10,12-13,15H,2-4,6,8H2,1H3,(H,28,31)(H,23,24,26)(H,25,27,29)/t12-,13+,15?/m1/s1. The molecule has 1 aliphatic heterocycles. The van der Waals surface area contributed by atoms with Crippen LogP contribution in [0.25, 0.3) is 0 Å². The van der Waals surface area contributed by atoms with Crippen molar-refractivity contribution < 1.29 is 13.7 Å². The van der Waals surface area contributed by atoms with Gasteiger partial charge in [-0.25, -0.2) is 24.3 Å². The number of carbonyl (C=O) groups is 1. The molecule has 1 aliphatic carbocycles. The molecule has 10 nitrogen and oxygen atoms in total. The minimum Gasteiger partial charge on any atom is -0.369 e. The van der Waals surface area contributed by atoms with Crippen LogP contribution in [0.5, 0.6) is 0 Å². The van der Waals surface area contributed by atoms with Crippen molar-refractivity contribution >= 4 is 17.5 Å². The molecule has 0 saturated heterocycles. The second-order valence-electron chi connectivity index (χ2n) is 8.20. The number of aryl methyl sites for hydroxylation is 1. The van der Waals surface area contributed by atoms with Crippen LogP contribution in [-0.4, -0.2) is 49.6 Å². The Morgan fingerprint density at radius 2 is 2.12 bits per heavy atom. The number of amides is 1. The topological polar surface area (TPSA) is 131 Å². The van der Waals surface area contributed by atoms with Gasteiger partial charge in [0.2, 0.25) is 5.76 Å². The van der Waals surface area contributed by atoms with Crippen LogP contribution >= 0.6 is 0 Å². The Morgan fingerprint density at radius 1 is 1.25 bits per heavy atom. The van der Waals surface area contributed by atoms with Crippen molar-refractivity contribution in [3.8, 4) is 0 Å². The summed E-state index contributed by atoms with van der Waals surface area (Å²) in [4.78, 5) is 29.4. The van der Waals surface area contributed by atoms with Crippen LogP contribution in [0.4, 0.5) is 16.0 Å². The van der Waals surface area contributed by atoms with Crippen LogP contribution in [0.15, 0.2) is 29.3 Å². The van der Waals surface area contributed by atoms with Crippen LogP contribution in [0.2, 0.25) is 0 Å². The summed E-state index contributed by atoms with van der Waals surface area (Å²) in [6.07, 6.45) is 7.66. The van der Waals surface area contributed by atoms with Crippen LogP contribution in [0, 0.1) is 12.7 Å². The predicted octanol–water partition coefficient (Wildman–Crippen LogP) is 2.41. The molecule has 0 aromatic carbocycles. The van der Waals surface area contributed by atoms with Gasteiger partial charge in [0.15, 0.2) is 11.6 Å². The summed E-state index contributed by atoms with van der Waals surface area (Å²) in [6.45, 7) is 2.34. The van der Waals surface area contributed by atoms with Gasteiger partial charge >= 0.3 is 0 Å². The van der Waals surface area contributed by atoms with Crippen molar-refractivity contribution in [1.82, 2.24) is 30.4 Å². The lowest BCUT2D eigenvalue weighted by atomic mass is 9.91. The minimum absolute atomic E-state index is 0.0277. The Labute approximate surface area is 183 Å². The molecule has 32 heavy (non-hydrogen) atoms. The molecular weight excluding hydrogens is 415 g/mol. The molecule has 1 saturated carbocycles. The van der Waals surface area contributed by atoms with E-state index in [-0.39, 0.29) is 35.5 Å². The zero-order valence-electron chi connectivity index (χ0n) is 17.5. The summed E-state index contributed by atoms with van der Waals surface area (Å²) in [7, 11) is 0. The first kappa shape index (κ1) is 20.3. The zero-order valence-corrected chi connectivity index (χ0v) is 17.5. The van der Waals surface area contributed by atoms with Gasteiger partial charge in [0.25, 0.3) is 5.91 Å². The van der Waals surface area contributed by atoms with E-state index in [2.05, 4.69) is 41.0 Å². The van der Waals surface area contributed by atoms with Gasteiger partial charge in [0.05, 0.1) is 17.8 Å². The summed E-state index contributed by atoms with van der Waals surface area (Å²) in [5.74, 6) is 0.684. The minimum atomic E-state index is -0.507. The van der Waals surface area contributed by atoms with Gasteiger partial charge < -0.3 is 20.5 Å². The first-order valence-electron chi connectivity index (χ1n) is 10.6. The lowest BCUT2D eigenvalue weighted by Gasteiger charge is -2.30. The summed E-state index contributed by atoms with van der Waals surface area (Å²) in [5.41, 5.74) is 1.55. The molecule has 1 unspecified atom stereocenters. The number of halogens is 1. The van der Waals surface area contributed by atoms with E-state index in [1.54, 1.807) is 19.2 Å². The van der Waals surface area contributed by atoms with E-state index in [4.69, 9.17) is 4.52 Å². The molecular formula is C21H23FN8O2. The molecule has 3 aromatic heterocycles. The molecule has 1 fully saturated rings. The molecule has 166 valence electrons. The Bertz CT molecular complexity index is 1140. The van der Waals surface area contributed by atoms with E-state index in [0.717, 1.165) is 30.6 Å². The molecule has 5 rings (SSSR count). The van der Waals surface area contributed by atoms with Crippen LogP contribution in [-0.2, 0) is 0 Å². The van der Waals surface area contributed by atoms with E-state index >= 15 is 0 Å². The lowest BCUT2D eigenvalue weighted by molar-refractivity contribution is 0.0889. The molecule has 0 bridgehead atoms. The number of hydrogen-bond acceptors (Lipinski definition) is 9. The van der Waals surface area contributed by atoms with Gasteiger partial charge in [0, 0.05) is 36.5 Å². The van der Waals surface area contributed by atoms with Crippen molar-refractivity contribution in [3.05, 3.63) is 53.4 Å². The number of nitrogens with one attached hydrogen (secondary N) is 3. The SMILES string of the molecule is Cc1cc(C(=O)N[C@H]2CCC[C@@H](Nc3nc(C4CNc5ncncc54)ncc3F)C2)on1. The molecule has 3 N–H and O–H groups in total. The third-order valence-electron chi connectivity index (χ3n) is 5.87. The third kappa shape index (κ3) is 4.10. The van der Waals surface area contributed by atoms with Gasteiger partial charge in [-0.2, -0.15) is 0 Å². The molecule has 3 aromatic rings. The molecule has 1 amide bonds.